The van der Waals surface area contributed by atoms with Gasteiger partial charge in [-0.2, -0.15) is 5.26 Å². The second kappa shape index (κ2) is 5.84. The van der Waals surface area contributed by atoms with Crippen LogP contribution >= 0.6 is 23.2 Å². The van der Waals surface area contributed by atoms with E-state index in [1.54, 1.807) is 30.3 Å². The first-order valence-corrected chi connectivity index (χ1v) is 8.01. The maximum Gasteiger partial charge on any atom is 0.185 e. The quantitative estimate of drug-likeness (QED) is 0.861. The highest BCUT2D eigenvalue weighted by molar-refractivity contribution is 7.90. The van der Waals surface area contributed by atoms with Crippen molar-refractivity contribution in [2.75, 3.05) is 0 Å². The SMILES string of the molecule is N#Cc1ccccc1CS(=O)(=O)c1c(Cl)cccc1Cl. The number of hydrogen-bond acceptors (Lipinski definition) is 3. The molecule has 0 spiro atoms. The van der Waals surface area contributed by atoms with E-state index in [2.05, 4.69) is 0 Å². The van der Waals surface area contributed by atoms with Crippen LogP contribution in [0.15, 0.2) is 47.4 Å². The molecule has 0 bridgehead atoms. The fraction of sp³-hybridized carbons (Fsp3) is 0.0714. The predicted molar refractivity (Wildman–Crippen MR) is 78.5 cm³/mol. The Kier molecular flexibility index (Phi) is 4.34. The Morgan fingerprint density at radius 2 is 1.60 bits per heavy atom. The maximum absolute atomic E-state index is 12.4. The van der Waals surface area contributed by atoms with Gasteiger partial charge in [0, 0.05) is 0 Å². The van der Waals surface area contributed by atoms with Crippen LogP contribution in [-0.2, 0) is 15.6 Å². The van der Waals surface area contributed by atoms with Crippen LogP contribution in [0.5, 0.6) is 0 Å². The van der Waals surface area contributed by atoms with E-state index < -0.39 is 9.84 Å². The zero-order chi connectivity index (χ0) is 14.8. The first-order chi connectivity index (χ1) is 9.45. The predicted octanol–water partition coefficient (Wildman–Crippen LogP) is 3.84. The van der Waals surface area contributed by atoms with Gasteiger partial charge in [-0.3, -0.25) is 0 Å². The van der Waals surface area contributed by atoms with Gasteiger partial charge >= 0.3 is 0 Å². The van der Waals surface area contributed by atoms with E-state index >= 15 is 0 Å². The van der Waals surface area contributed by atoms with Crippen LogP contribution in [0.2, 0.25) is 10.0 Å². The van der Waals surface area contributed by atoms with Crippen molar-refractivity contribution >= 4 is 33.0 Å². The second-order valence-corrected chi connectivity index (χ2v) is 6.82. The average Bonchev–Trinajstić information content (AvgIpc) is 2.38. The molecule has 0 unspecified atom stereocenters. The summed E-state index contributed by atoms with van der Waals surface area (Å²) < 4.78 is 24.9. The number of hydrogen-bond donors (Lipinski definition) is 0. The molecule has 2 rings (SSSR count). The molecular formula is C14H9Cl2NO2S. The van der Waals surface area contributed by atoms with Gasteiger partial charge in [-0.05, 0) is 23.8 Å². The molecule has 20 heavy (non-hydrogen) atoms. The molecule has 0 saturated carbocycles. The lowest BCUT2D eigenvalue weighted by Crippen LogP contribution is -2.07. The highest BCUT2D eigenvalue weighted by Gasteiger charge is 2.23. The van der Waals surface area contributed by atoms with Gasteiger partial charge in [0.2, 0.25) is 0 Å². The van der Waals surface area contributed by atoms with Gasteiger partial charge < -0.3 is 0 Å². The average molecular weight is 326 g/mol. The Balaban J connectivity index is 2.50. The second-order valence-electron chi connectivity index (χ2n) is 4.08. The van der Waals surface area contributed by atoms with Crippen molar-refractivity contribution in [1.29, 1.82) is 5.26 Å². The summed E-state index contributed by atoms with van der Waals surface area (Å²) in [5, 5.41) is 9.15. The van der Waals surface area contributed by atoms with Gasteiger partial charge in [0.05, 0.1) is 27.4 Å². The molecule has 0 heterocycles. The number of benzene rings is 2. The molecule has 0 fully saturated rings. The van der Waals surface area contributed by atoms with E-state index in [0.717, 1.165) is 0 Å². The number of rotatable bonds is 3. The zero-order valence-electron chi connectivity index (χ0n) is 10.2. The van der Waals surface area contributed by atoms with Gasteiger partial charge in [0.15, 0.2) is 9.84 Å². The molecule has 0 aromatic heterocycles. The number of nitrogens with zero attached hydrogens (tertiary/aromatic N) is 1. The molecular weight excluding hydrogens is 317 g/mol. The van der Waals surface area contributed by atoms with Gasteiger partial charge in [0.25, 0.3) is 0 Å². The topological polar surface area (TPSA) is 57.9 Å². The Bertz CT molecular complexity index is 775. The minimum Gasteiger partial charge on any atom is -0.223 e. The summed E-state index contributed by atoms with van der Waals surface area (Å²) in [4.78, 5) is -0.101. The molecule has 2 aromatic rings. The molecule has 0 aliphatic rings. The van der Waals surface area contributed by atoms with Crippen molar-refractivity contribution in [2.45, 2.75) is 10.6 Å². The standard InChI is InChI=1S/C14H9Cl2NO2S/c15-12-6-3-7-13(16)14(12)20(18,19)9-11-5-2-1-4-10(11)8-17/h1-7H,9H2. The van der Waals surface area contributed by atoms with E-state index in [1.165, 1.54) is 12.1 Å². The fourth-order valence-electron chi connectivity index (χ4n) is 1.81. The van der Waals surface area contributed by atoms with E-state index in [1.807, 2.05) is 6.07 Å². The molecule has 6 heteroatoms. The van der Waals surface area contributed by atoms with Gasteiger partial charge in [0.1, 0.15) is 4.90 Å². The molecule has 0 atom stereocenters. The Hall–Kier alpha value is -1.54. The molecule has 102 valence electrons. The molecule has 0 radical (unpaired) electrons. The minimum atomic E-state index is -3.72. The van der Waals surface area contributed by atoms with E-state index in [-0.39, 0.29) is 20.7 Å². The lowest BCUT2D eigenvalue weighted by atomic mass is 10.1. The van der Waals surface area contributed by atoms with Crippen LogP contribution in [0.3, 0.4) is 0 Å². The van der Waals surface area contributed by atoms with Crippen molar-refractivity contribution in [1.82, 2.24) is 0 Å². The third-order valence-corrected chi connectivity index (χ3v) is 5.32. The third-order valence-electron chi connectivity index (χ3n) is 2.71. The monoisotopic (exact) mass is 325 g/mol. The van der Waals surface area contributed by atoms with Crippen LogP contribution in [0, 0.1) is 11.3 Å². The van der Waals surface area contributed by atoms with E-state index in [0.29, 0.717) is 11.1 Å². The Morgan fingerprint density at radius 1 is 1.00 bits per heavy atom. The van der Waals surface area contributed by atoms with Gasteiger partial charge in [-0.15, -0.1) is 0 Å². The lowest BCUT2D eigenvalue weighted by Gasteiger charge is -2.09. The van der Waals surface area contributed by atoms with Crippen LogP contribution in [-0.4, -0.2) is 8.42 Å². The van der Waals surface area contributed by atoms with Gasteiger partial charge in [-0.1, -0.05) is 47.5 Å². The van der Waals surface area contributed by atoms with Crippen molar-refractivity contribution in [2.24, 2.45) is 0 Å². The molecule has 0 aliphatic heterocycles. The van der Waals surface area contributed by atoms with Gasteiger partial charge in [-0.25, -0.2) is 8.42 Å². The molecule has 0 amide bonds. The summed E-state index contributed by atoms with van der Waals surface area (Å²) in [7, 11) is -3.72. The number of nitriles is 1. The zero-order valence-corrected chi connectivity index (χ0v) is 12.5. The molecule has 0 saturated heterocycles. The Labute approximate surface area is 127 Å². The fourth-order valence-corrected chi connectivity index (χ4v) is 4.45. The first kappa shape index (κ1) is 14.9. The van der Waals surface area contributed by atoms with Crippen LogP contribution in [0.4, 0.5) is 0 Å². The summed E-state index contributed by atoms with van der Waals surface area (Å²) in [6.07, 6.45) is 0. The highest BCUT2D eigenvalue weighted by atomic mass is 35.5. The van der Waals surface area contributed by atoms with Crippen LogP contribution < -0.4 is 0 Å². The first-order valence-electron chi connectivity index (χ1n) is 5.60. The largest absolute Gasteiger partial charge is 0.223 e. The number of sulfone groups is 1. The van der Waals surface area contributed by atoms with E-state index in [9.17, 15) is 8.42 Å². The lowest BCUT2D eigenvalue weighted by molar-refractivity contribution is 0.595. The third kappa shape index (κ3) is 2.96. The van der Waals surface area contributed by atoms with Crippen molar-refractivity contribution in [3.8, 4) is 6.07 Å². The molecule has 2 aromatic carbocycles. The Morgan fingerprint density at radius 3 is 2.20 bits per heavy atom. The van der Waals surface area contributed by atoms with E-state index in [4.69, 9.17) is 28.5 Å². The van der Waals surface area contributed by atoms with Crippen LogP contribution in [0.25, 0.3) is 0 Å². The molecule has 0 aliphatic carbocycles. The van der Waals surface area contributed by atoms with Crippen LogP contribution in [0.1, 0.15) is 11.1 Å². The maximum atomic E-state index is 12.4. The smallest absolute Gasteiger partial charge is 0.185 e. The normalized spacial score (nSPS) is 11.1. The number of halogens is 2. The summed E-state index contributed by atoms with van der Waals surface area (Å²) in [6, 6.07) is 13.0. The van der Waals surface area contributed by atoms with Crippen molar-refractivity contribution < 1.29 is 8.42 Å². The summed E-state index contributed by atoms with van der Waals surface area (Å²) >= 11 is 11.9. The summed E-state index contributed by atoms with van der Waals surface area (Å²) in [5.74, 6) is -0.319. The van der Waals surface area contributed by atoms with Crippen molar-refractivity contribution in [3.05, 3.63) is 63.6 Å². The summed E-state index contributed by atoms with van der Waals surface area (Å²) in [6.45, 7) is 0. The summed E-state index contributed by atoms with van der Waals surface area (Å²) in [5.41, 5.74) is 0.741. The highest BCUT2D eigenvalue weighted by Crippen LogP contribution is 2.31. The minimum absolute atomic E-state index is 0.0759. The molecule has 3 nitrogen and oxygen atoms in total. The molecule has 0 N–H and O–H groups in total. The van der Waals surface area contributed by atoms with Crippen molar-refractivity contribution in [3.63, 3.8) is 0 Å².